The predicted octanol–water partition coefficient (Wildman–Crippen LogP) is 3.98. The van der Waals surface area contributed by atoms with Crippen LogP contribution in [0.1, 0.15) is 46.7 Å². The van der Waals surface area contributed by atoms with Gasteiger partial charge in [0.25, 0.3) is 5.91 Å². The standard InChI is InChI=1S/C20H21NO4/c1-13-11-17(25-12-19(22)23)9-10-18(13)21-20(24)16-7-5-15(6-8-16)14-3-2-4-14/h5-11,14H,2-4,12H2,1H3,(H,21,24)(H,22,23). The van der Waals surface area contributed by atoms with Crippen LogP contribution in [0.5, 0.6) is 5.75 Å². The maximum absolute atomic E-state index is 12.4. The van der Waals surface area contributed by atoms with Gasteiger partial charge in [0.1, 0.15) is 5.75 Å². The number of anilines is 1. The molecule has 0 aliphatic heterocycles. The zero-order valence-electron chi connectivity index (χ0n) is 14.1. The van der Waals surface area contributed by atoms with E-state index in [1.165, 1.54) is 24.8 Å². The summed E-state index contributed by atoms with van der Waals surface area (Å²) >= 11 is 0. The number of rotatable bonds is 6. The zero-order chi connectivity index (χ0) is 17.8. The Hall–Kier alpha value is -2.82. The molecule has 0 radical (unpaired) electrons. The molecule has 1 fully saturated rings. The van der Waals surface area contributed by atoms with Gasteiger partial charge in [0.15, 0.2) is 6.61 Å². The lowest BCUT2D eigenvalue weighted by Gasteiger charge is -2.25. The van der Waals surface area contributed by atoms with Crippen LogP contribution in [0.15, 0.2) is 42.5 Å². The summed E-state index contributed by atoms with van der Waals surface area (Å²) in [5, 5.41) is 11.5. The topological polar surface area (TPSA) is 75.6 Å². The number of carboxylic acids is 1. The lowest BCUT2D eigenvalue weighted by Crippen LogP contribution is -2.14. The number of hydrogen-bond donors (Lipinski definition) is 2. The van der Waals surface area contributed by atoms with Crippen LogP contribution in [0.25, 0.3) is 0 Å². The molecule has 1 aliphatic rings. The average Bonchev–Trinajstić information content (AvgIpc) is 2.54. The van der Waals surface area contributed by atoms with Gasteiger partial charge < -0.3 is 15.2 Å². The van der Waals surface area contributed by atoms with Gasteiger partial charge in [0, 0.05) is 11.3 Å². The van der Waals surface area contributed by atoms with Crippen LogP contribution in [0.2, 0.25) is 0 Å². The number of amides is 1. The molecular formula is C20H21NO4. The van der Waals surface area contributed by atoms with Gasteiger partial charge in [-0.15, -0.1) is 0 Å². The number of ether oxygens (including phenoxy) is 1. The van der Waals surface area contributed by atoms with Gasteiger partial charge in [-0.25, -0.2) is 4.79 Å². The van der Waals surface area contributed by atoms with Gasteiger partial charge in [-0.1, -0.05) is 18.6 Å². The van der Waals surface area contributed by atoms with E-state index in [1.807, 2.05) is 31.2 Å². The minimum Gasteiger partial charge on any atom is -0.482 e. The summed E-state index contributed by atoms with van der Waals surface area (Å²) in [6.45, 7) is 1.45. The van der Waals surface area contributed by atoms with Crippen LogP contribution in [0.3, 0.4) is 0 Å². The van der Waals surface area contributed by atoms with Crippen molar-refractivity contribution in [2.45, 2.75) is 32.1 Å². The average molecular weight is 339 g/mol. The van der Waals surface area contributed by atoms with Gasteiger partial charge in [0.05, 0.1) is 0 Å². The molecule has 1 aliphatic carbocycles. The molecule has 1 saturated carbocycles. The van der Waals surface area contributed by atoms with Crippen LogP contribution in [0.4, 0.5) is 5.69 Å². The Morgan fingerprint density at radius 2 is 1.88 bits per heavy atom. The number of aryl methyl sites for hydroxylation is 1. The highest BCUT2D eigenvalue weighted by Gasteiger charge is 2.19. The molecule has 2 aromatic rings. The first-order valence-corrected chi connectivity index (χ1v) is 8.39. The number of carboxylic acid groups (broad SMARTS) is 1. The summed E-state index contributed by atoms with van der Waals surface area (Å²) < 4.78 is 5.13. The first kappa shape index (κ1) is 17.0. The van der Waals surface area contributed by atoms with Crippen LogP contribution in [-0.2, 0) is 4.79 Å². The Kier molecular flexibility index (Phi) is 5.03. The second kappa shape index (κ2) is 7.38. The van der Waals surface area contributed by atoms with E-state index in [4.69, 9.17) is 9.84 Å². The normalized spacial score (nSPS) is 13.8. The van der Waals surface area contributed by atoms with Crippen molar-refractivity contribution >= 4 is 17.6 Å². The highest BCUT2D eigenvalue weighted by atomic mass is 16.5. The highest BCUT2D eigenvalue weighted by molar-refractivity contribution is 6.04. The maximum Gasteiger partial charge on any atom is 0.341 e. The van der Waals surface area contributed by atoms with Gasteiger partial charge in [-0.05, 0) is 67.1 Å². The molecule has 5 heteroatoms. The number of hydrogen-bond acceptors (Lipinski definition) is 3. The fourth-order valence-corrected chi connectivity index (χ4v) is 2.85. The summed E-state index contributed by atoms with van der Waals surface area (Å²) in [5.74, 6) is -0.0803. The number of nitrogens with one attached hydrogen (secondary N) is 1. The Morgan fingerprint density at radius 3 is 2.44 bits per heavy atom. The number of carbonyl (C=O) groups is 2. The molecule has 0 aromatic heterocycles. The fourth-order valence-electron chi connectivity index (χ4n) is 2.85. The molecule has 0 heterocycles. The second-order valence-corrected chi connectivity index (χ2v) is 6.36. The quantitative estimate of drug-likeness (QED) is 0.835. The highest BCUT2D eigenvalue weighted by Crippen LogP contribution is 2.36. The predicted molar refractivity (Wildman–Crippen MR) is 95.3 cm³/mol. The van der Waals surface area contributed by atoms with Gasteiger partial charge >= 0.3 is 5.97 Å². The summed E-state index contributed by atoms with van der Waals surface area (Å²) in [7, 11) is 0. The fraction of sp³-hybridized carbons (Fsp3) is 0.300. The molecule has 130 valence electrons. The van der Waals surface area contributed by atoms with Crippen LogP contribution in [0, 0.1) is 6.92 Å². The number of carbonyl (C=O) groups excluding carboxylic acids is 1. The van der Waals surface area contributed by atoms with E-state index in [0.29, 0.717) is 22.9 Å². The van der Waals surface area contributed by atoms with Crippen LogP contribution in [-0.4, -0.2) is 23.6 Å². The van der Waals surface area contributed by atoms with E-state index in [2.05, 4.69) is 5.32 Å². The first-order valence-electron chi connectivity index (χ1n) is 8.39. The Morgan fingerprint density at radius 1 is 1.16 bits per heavy atom. The maximum atomic E-state index is 12.4. The third kappa shape index (κ3) is 4.18. The first-order chi connectivity index (χ1) is 12.0. The molecule has 25 heavy (non-hydrogen) atoms. The van der Waals surface area contributed by atoms with Crippen molar-refractivity contribution in [3.63, 3.8) is 0 Å². The smallest absolute Gasteiger partial charge is 0.341 e. The van der Waals surface area contributed by atoms with Crippen molar-refractivity contribution in [1.29, 1.82) is 0 Å². The number of benzene rings is 2. The molecule has 1 amide bonds. The lowest BCUT2D eigenvalue weighted by molar-refractivity contribution is -0.139. The lowest BCUT2D eigenvalue weighted by atomic mass is 9.80. The molecular weight excluding hydrogens is 318 g/mol. The van der Waals surface area contributed by atoms with E-state index in [9.17, 15) is 9.59 Å². The van der Waals surface area contributed by atoms with E-state index >= 15 is 0 Å². The molecule has 2 aromatic carbocycles. The van der Waals surface area contributed by atoms with E-state index < -0.39 is 12.6 Å². The molecule has 2 N–H and O–H groups in total. The van der Waals surface area contributed by atoms with Crippen molar-refractivity contribution in [2.24, 2.45) is 0 Å². The largest absolute Gasteiger partial charge is 0.482 e. The molecule has 0 saturated heterocycles. The molecule has 0 unspecified atom stereocenters. The van der Waals surface area contributed by atoms with Gasteiger partial charge in [-0.3, -0.25) is 4.79 Å². The third-order valence-corrected chi connectivity index (χ3v) is 4.56. The van der Waals surface area contributed by atoms with Gasteiger partial charge in [0.2, 0.25) is 0 Å². The van der Waals surface area contributed by atoms with Gasteiger partial charge in [-0.2, -0.15) is 0 Å². The second-order valence-electron chi connectivity index (χ2n) is 6.36. The van der Waals surface area contributed by atoms with Crippen molar-refractivity contribution in [3.8, 4) is 5.75 Å². The summed E-state index contributed by atoms with van der Waals surface area (Å²) in [5.41, 5.74) is 3.41. The molecule has 0 bridgehead atoms. The Labute approximate surface area is 146 Å². The third-order valence-electron chi connectivity index (χ3n) is 4.56. The molecule has 3 rings (SSSR count). The number of aliphatic carboxylic acids is 1. The van der Waals surface area contributed by atoms with E-state index in [0.717, 1.165) is 5.56 Å². The Bertz CT molecular complexity index is 779. The van der Waals surface area contributed by atoms with E-state index in [-0.39, 0.29) is 5.91 Å². The van der Waals surface area contributed by atoms with Crippen molar-refractivity contribution in [1.82, 2.24) is 0 Å². The molecule has 5 nitrogen and oxygen atoms in total. The molecule has 0 spiro atoms. The molecule has 0 atom stereocenters. The summed E-state index contributed by atoms with van der Waals surface area (Å²) in [6, 6.07) is 12.9. The van der Waals surface area contributed by atoms with Crippen molar-refractivity contribution in [3.05, 3.63) is 59.2 Å². The zero-order valence-corrected chi connectivity index (χ0v) is 14.1. The minimum absolute atomic E-state index is 0.164. The van der Waals surface area contributed by atoms with E-state index in [1.54, 1.807) is 18.2 Å². The monoisotopic (exact) mass is 339 g/mol. The van der Waals surface area contributed by atoms with Crippen molar-refractivity contribution in [2.75, 3.05) is 11.9 Å². The van der Waals surface area contributed by atoms with Crippen molar-refractivity contribution < 1.29 is 19.4 Å². The Balaban J connectivity index is 1.64. The van der Waals surface area contributed by atoms with Crippen LogP contribution >= 0.6 is 0 Å². The van der Waals surface area contributed by atoms with Crippen LogP contribution < -0.4 is 10.1 Å². The summed E-state index contributed by atoms with van der Waals surface area (Å²) in [4.78, 5) is 22.9. The SMILES string of the molecule is Cc1cc(OCC(=O)O)ccc1NC(=O)c1ccc(C2CCC2)cc1. The minimum atomic E-state index is -1.03. The summed E-state index contributed by atoms with van der Waals surface area (Å²) in [6.07, 6.45) is 3.76.